The fourth-order valence-electron chi connectivity index (χ4n) is 0. The zero-order valence-electron chi connectivity index (χ0n) is 3.44. The zero-order chi connectivity index (χ0) is 4.50. The molecular weight excluding hydrogens is 320 g/mol. The average molecular weight is 324 g/mol. The summed E-state index contributed by atoms with van der Waals surface area (Å²) >= 11 is 0. The van der Waals surface area contributed by atoms with Gasteiger partial charge in [0.1, 0.15) is 0 Å². The van der Waals surface area contributed by atoms with Crippen molar-refractivity contribution >= 4 is 9.05 Å². The molecule has 0 heterocycles. The van der Waals surface area contributed by atoms with Gasteiger partial charge in [-0.3, -0.25) is 0 Å². The van der Waals surface area contributed by atoms with E-state index in [0.29, 0.717) is 0 Å². The van der Waals surface area contributed by atoms with Crippen LogP contribution in [0.4, 0.5) is 0 Å². The Kier molecular flexibility index (Phi) is 15.0. The Labute approximate surface area is 94.9 Å². The van der Waals surface area contributed by atoms with Gasteiger partial charge in [-0.15, -0.1) is 0 Å². The summed E-state index contributed by atoms with van der Waals surface area (Å²) in [6.07, 6.45) is 0. The minimum absolute atomic E-state index is 0. The Hall–Kier alpha value is 2.36. The topological polar surface area (TPSA) is 80.9 Å². The predicted molar refractivity (Wildman–Crippen MR) is 14.6 cm³/mol. The Morgan fingerprint density at radius 3 is 0.857 bits per heavy atom. The van der Waals surface area contributed by atoms with Crippen molar-refractivity contribution < 1.29 is 87.5 Å². The van der Waals surface area contributed by atoms with Gasteiger partial charge in [0, 0.05) is 68.3 Å². The first-order valence-electron chi connectivity index (χ1n) is 0.894. The molecule has 0 saturated heterocycles. The van der Waals surface area contributed by atoms with Gasteiger partial charge in [0.15, 0.2) is 0 Å². The number of hydrogen-bond acceptors (Lipinski definition) is 4. The predicted octanol–water partition coefficient (Wildman–Crippen LogP) is -2.61. The van der Waals surface area contributed by atoms with E-state index in [0.717, 1.165) is 0 Å². The molecule has 7 heteroatoms. The van der Waals surface area contributed by atoms with E-state index in [4.69, 9.17) is 19.2 Å². The second-order valence-corrected chi connectivity index (χ2v) is 1.80. The quantitative estimate of drug-likeness (QED) is 0.368. The van der Waals surface area contributed by atoms with Gasteiger partial charge in [0.25, 0.3) is 0 Å². The maximum absolute atomic E-state index is 7.33. The molecule has 0 aliphatic carbocycles. The van der Waals surface area contributed by atoms with Crippen molar-refractivity contribution in [1.29, 1.82) is 0 Å². The monoisotopic (exact) mass is 324 g/mol. The summed E-state index contributed by atoms with van der Waals surface area (Å²) in [6.45, 7) is 0. The summed E-state index contributed by atoms with van der Waals surface area (Å²) < 4.78 is 0. The van der Waals surface area contributed by atoms with Crippen molar-refractivity contribution in [1.82, 2.24) is 0 Å². The fourth-order valence-corrected chi connectivity index (χ4v) is 0. The maximum atomic E-state index is 7.33. The normalized spacial score (nSPS) is 8.57. The van der Waals surface area contributed by atoms with Crippen molar-refractivity contribution in [2.45, 2.75) is 0 Å². The molecule has 0 saturated carbocycles. The number of hydrogen-bond donors (Lipinski definition) is 4. The van der Waals surface area contributed by atoms with Crippen LogP contribution in [0.25, 0.3) is 0 Å². The van der Waals surface area contributed by atoms with Gasteiger partial charge in [-0.2, -0.15) is 0 Å². The minimum Gasteiger partial charge on any atom is -0.368 e. The van der Waals surface area contributed by atoms with E-state index in [1.54, 1.807) is 0 Å². The van der Waals surface area contributed by atoms with Gasteiger partial charge < -0.3 is 19.2 Å². The van der Waals surface area contributed by atoms with Crippen LogP contribution in [-0.2, 0) is 32.7 Å². The van der Waals surface area contributed by atoms with Gasteiger partial charge in [0.2, 0.25) is 0 Å². The molecule has 2 radical (unpaired) electrons. The zero-order valence-corrected chi connectivity index (χ0v) is 10.9. The van der Waals surface area contributed by atoms with Crippen LogP contribution in [0, 0.1) is 35.6 Å². The van der Waals surface area contributed by atoms with Crippen molar-refractivity contribution in [2.75, 3.05) is 0 Å². The molecule has 0 aliphatic rings. The summed E-state index contributed by atoms with van der Waals surface area (Å²) in [5.41, 5.74) is 0. The smallest absolute Gasteiger partial charge is 0.368 e. The molecule has 0 aliphatic heterocycles. The van der Waals surface area contributed by atoms with Crippen LogP contribution in [-0.4, -0.2) is 28.2 Å². The van der Waals surface area contributed by atoms with Crippen molar-refractivity contribution in [3.63, 3.8) is 0 Å². The first-order chi connectivity index (χ1) is 2.00. The standard InChI is InChI=1S/La.H4O4Si.Y/c;1-5(2,3)4;/h;1-4H;. The molecule has 0 unspecified atom stereocenters. The largest absolute Gasteiger partial charge is 0.668 e. The maximum Gasteiger partial charge on any atom is 0.668 e. The molecule has 0 rings (SSSR count). The Bertz CT molecular complexity index is 27.2. The fraction of sp³-hybridized carbons (Fsp3) is 0. The van der Waals surface area contributed by atoms with E-state index in [9.17, 15) is 0 Å². The average Bonchev–Trinajstić information content (AvgIpc) is 0.722. The van der Waals surface area contributed by atoms with Gasteiger partial charge in [-0.05, 0) is 0 Å². The molecule has 4 nitrogen and oxygen atoms in total. The second-order valence-electron chi connectivity index (χ2n) is 0.600. The van der Waals surface area contributed by atoms with Crippen LogP contribution in [0.3, 0.4) is 0 Å². The minimum atomic E-state index is -4.61. The molecule has 0 spiro atoms. The van der Waals surface area contributed by atoms with E-state index in [1.807, 2.05) is 0 Å². The van der Waals surface area contributed by atoms with Crippen LogP contribution in [0.2, 0.25) is 0 Å². The summed E-state index contributed by atoms with van der Waals surface area (Å²) in [6, 6.07) is 0. The Morgan fingerprint density at radius 2 is 0.857 bits per heavy atom. The second kappa shape index (κ2) is 6.48. The molecule has 0 aromatic heterocycles. The first-order valence-corrected chi connectivity index (χ1v) is 2.68. The van der Waals surface area contributed by atoms with Gasteiger partial charge in [-0.25, -0.2) is 0 Å². The molecule has 0 amide bonds. The van der Waals surface area contributed by atoms with Gasteiger partial charge in [0.05, 0.1) is 0 Å². The van der Waals surface area contributed by atoms with Crippen LogP contribution < -0.4 is 0 Å². The third-order valence-electron chi connectivity index (χ3n) is 0. The van der Waals surface area contributed by atoms with Gasteiger partial charge in [-0.1, -0.05) is 0 Å². The Balaban J connectivity index is -0.0000000800. The molecule has 0 bridgehead atoms. The van der Waals surface area contributed by atoms with E-state index in [-0.39, 0.29) is 68.3 Å². The van der Waals surface area contributed by atoms with E-state index < -0.39 is 9.05 Å². The summed E-state index contributed by atoms with van der Waals surface area (Å²) in [5.74, 6) is 0. The van der Waals surface area contributed by atoms with Crippen LogP contribution in [0.15, 0.2) is 0 Å². The van der Waals surface area contributed by atoms with Crippen molar-refractivity contribution in [3.8, 4) is 0 Å². The van der Waals surface area contributed by atoms with E-state index in [2.05, 4.69) is 0 Å². The molecule has 0 fully saturated rings. The number of rotatable bonds is 0. The van der Waals surface area contributed by atoms with E-state index in [1.165, 1.54) is 0 Å². The van der Waals surface area contributed by atoms with Crippen LogP contribution in [0.1, 0.15) is 0 Å². The van der Waals surface area contributed by atoms with E-state index >= 15 is 0 Å². The van der Waals surface area contributed by atoms with Crippen molar-refractivity contribution in [3.05, 3.63) is 0 Å². The summed E-state index contributed by atoms with van der Waals surface area (Å²) in [5, 5.41) is 0. The Morgan fingerprint density at radius 1 is 0.857 bits per heavy atom. The first kappa shape index (κ1) is 16.2. The molecule has 0 atom stereocenters. The van der Waals surface area contributed by atoms with Crippen LogP contribution in [0.5, 0.6) is 0 Å². The van der Waals surface area contributed by atoms with Crippen LogP contribution >= 0.6 is 0 Å². The molecule has 7 heavy (non-hydrogen) atoms. The molecule has 38 valence electrons. The van der Waals surface area contributed by atoms with Gasteiger partial charge >= 0.3 is 9.05 Å². The third kappa shape index (κ3) is 60.8. The molecule has 0 aromatic rings. The molecule has 0 aromatic carbocycles. The summed E-state index contributed by atoms with van der Waals surface area (Å²) in [7, 11) is -4.61. The SMILES string of the molecule is O[Si](O)(O)O.[La].[Y]. The molecular formula is H4LaO4SiY. The van der Waals surface area contributed by atoms with Crippen molar-refractivity contribution in [2.24, 2.45) is 0 Å². The molecule has 4 N–H and O–H groups in total. The third-order valence-corrected chi connectivity index (χ3v) is 0. The summed E-state index contributed by atoms with van der Waals surface area (Å²) in [4.78, 5) is 29.3.